The first-order valence-electron chi connectivity index (χ1n) is 9.75. The van der Waals surface area contributed by atoms with Gasteiger partial charge in [-0.1, -0.05) is 64.5 Å². The Kier molecular flexibility index (Phi) is 2.90. The molecule has 0 atom stereocenters. The topological polar surface area (TPSA) is 20.7 Å². The van der Waals surface area contributed by atoms with Crippen LogP contribution in [-0.2, 0) is 0 Å². The smallest absolute Gasteiger partial charge is 0.0568 e. The molecule has 0 unspecified atom stereocenters. The average Bonchev–Trinajstić information content (AvgIpc) is 3.30. The predicted octanol–water partition coefficient (Wildman–Crippen LogP) is 7.77. The van der Waals surface area contributed by atoms with Crippen LogP contribution in [0.4, 0.5) is 0 Å². The van der Waals surface area contributed by atoms with Crippen molar-refractivity contribution in [3.63, 3.8) is 0 Å². The lowest BCUT2D eigenvalue weighted by molar-refractivity contribution is 1.18. The number of H-pyrrole nitrogens is 1. The molecule has 136 valence electrons. The zero-order valence-electron chi connectivity index (χ0n) is 15.4. The van der Waals surface area contributed by atoms with E-state index in [2.05, 4.69) is 110 Å². The molecule has 3 heteroatoms. The number of fused-ring (bicyclic) bond motifs is 4. The lowest BCUT2D eigenvalue weighted by Gasteiger charge is -2.07. The normalized spacial score (nSPS) is 12.3. The maximum absolute atomic E-state index is 3.77. The first-order chi connectivity index (χ1) is 14.3. The fraction of sp³-hybridized carbons (Fsp3) is 0. The second kappa shape index (κ2) is 5.40. The molecule has 0 amide bonds. The number of aromatic amines is 1. The maximum atomic E-state index is 3.77. The molecule has 0 aliphatic heterocycles. The Labute approximate surface area is 174 Å². The minimum Gasteiger partial charge on any atom is -0.354 e. The van der Waals surface area contributed by atoms with E-state index in [0.717, 1.165) is 4.47 Å². The standard InChI is InChI=1S/C26H15BrN2/c27-19-12-13-22-25-16(19)10-11-18-24-17-8-4-5-9-20(17)28-21(24)14-23(26(18)25)29(22)15-6-2-1-3-7-15/h1-14,28H. The predicted molar refractivity (Wildman–Crippen MR) is 127 cm³/mol. The first kappa shape index (κ1) is 15.6. The van der Waals surface area contributed by atoms with Gasteiger partial charge in [0.2, 0.25) is 0 Å². The molecule has 0 aliphatic carbocycles. The number of halogens is 1. The Morgan fingerprint density at radius 2 is 1.34 bits per heavy atom. The van der Waals surface area contributed by atoms with E-state index in [-0.39, 0.29) is 0 Å². The van der Waals surface area contributed by atoms with Crippen LogP contribution in [0.2, 0.25) is 0 Å². The van der Waals surface area contributed by atoms with Crippen LogP contribution >= 0.6 is 15.9 Å². The van der Waals surface area contributed by atoms with Gasteiger partial charge in [-0.05, 0) is 47.2 Å². The highest BCUT2D eigenvalue weighted by atomic mass is 79.9. The lowest BCUT2D eigenvalue weighted by atomic mass is 9.98. The molecule has 2 aromatic heterocycles. The molecular weight excluding hydrogens is 420 g/mol. The number of benzene rings is 5. The lowest BCUT2D eigenvalue weighted by Crippen LogP contribution is -1.92. The minimum atomic E-state index is 1.14. The van der Waals surface area contributed by atoms with Crippen molar-refractivity contribution in [2.45, 2.75) is 0 Å². The number of rotatable bonds is 1. The molecular formula is C26H15BrN2. The van der Waals surface area contributed by atoms with Crippen molar-refractivity contribution < 1.29 is 0 Å². The molecule has 0 radical (unpaired) electrons. The summed E-state index contributed by atoms with van der Waals surface area (Å²) in [5.41, 5.74) is 6.03. The van der Waals surface area contributed by atoms with E-state index < -0.39 is 0 Å². The maximum Gasteiger partial charge on any atom is 0.0568 e. The molecule has 29 heavy (non-hydrogen) atoms. The summed E-state index contributed by atoms with van der Waals surface area (Å²) in [6.45, 7) is 0. The summed E-state index contributed by atoms with van der Waals surface area (Å²) < 4.78 is 3.53. The molecule has 7 aromatic rings. The number of aromatic nitrogens is 2. The molecule has 5 aromatic carbocycles. The van der Waals surface area contributed by atoms with Crippen LogP contribution in [0.25, 0.3) is 60.1 Å². The molecule has 1 N–H and O–H groups in total. The van der Waals surface area contributed by atoms with Crippen LogP contribution in [-0.4, -0.2) is 9.55 Å². The van der Waals surface area contributed by atoms with E-state index in [1.165, 1.54) is 60.1 Å². The number of hydrogen-bond donors (Lipinski definition) is 1. The van der Waals surface area contributed by atoms with E-state index in [1.54, 1.807) is 0 Å². The Morgan fingerprint density at radius 1 is 0.586 bits per heavy atom. The Balaban J connectivity index is 1.83. The molecule has 0 fully saturated rings. The largest absolute Gasteiger partial charge is 0.354 e. The molecule has 0 saturated heterocycles. The second-order valence-electron chi connectivity index (χ2n) is 7.64. The summed E-state index contributed by atoms with van der Waals surface area (Å²) in [5, 5.41) is 7.81. The zero-order valence-corrected chi connectivity index (χ0v) is 17.0. The van der Waals surface area contributed by atoms with Gasteiger partial charge in [0.25, 0.3) is 0 Å². The van der Waals surface area contributed by atoms with Gasteiger partial charge in [0.15, 0.2) is 0 Å². The summed E-state index contributed by atoms with van der Waals surface area (Å²) in [5.74, 6) is 0. The molecule has 0 aliphatic rings. The number of hydrogen-bond acceptors (Lipinski definition) is 0. The Morgan fingerprint density at radius 3 is 2.24 bits per heavy atom. The quantitative estimate of drug-likeness (QED) is 0.254. The van der Waals surface area contributed by atoms with Crippen molar-refractivity contribution in [3.05, 3.63) is 89.4 Å². The van der Waals surface area contributed by atoms with Crippen molar-refractivity contribution >= 4 is 70.3 Å². The van der Waals surface area contributed by atoms with E-state index in [0.29, 0.717) is 0 Å². The van der Waals surface area contributed by atoms with E-state index in [1.807, 2.05) is 0 Å². The fourth-order valence-electron chi connectivity index (χ4n) is 4.99. The number of para-hydroxylation sites is 2. The fourth-order valence-corrected chi connectivity index (χ4v) is 5.45. The van der Waals surface area contributed by atoms with E-state index in [4.69, 9.17) is 0 Å². The van der Waals surface area contributed by atoms with Crippen molar-refractivity contribution in [2.24, 2.45) is 0 Å². The minimum absolute atomic E-state index is 1.14. The third kappa shape index (κ3) is 1.91. The first-order valence-corrected chi connectivity index (χ1v) is 10.5. The van der Waals surface area contributed by atoms with E-state index in [9.17, 15) is 0 Å². The van der Waals surface area contributed by atoms with Crippen molar-refractivity contribution in [1.82, 2.24) is 9.55 Å². The zero-order chi connectivity index (χ0) is 19.1. The van der Waals surface area contributed by atoms with Gasteiger partial charge in [-0.15, -0.1) is 0 Å². The van der Waals surface area contributed by atoms with Crippen molar-refractivity contribution in [1.29, 1.82) is 0 Å². The molecule has 2 heterocycles. The summed E-state index contributed by atoms with van der Waals surface area (Å²) >= 11 is 3.77. The molecule has 7 rings (SSSR count). The Hall–Kier alpha value is -3.30. The third-order valence-corrected chi connectivity index (χ3v) is 6.84. The van der Waals surface area contributed by atoms with Gasteiger partial charge in [-0.25, -0.2) is 0 Å². The highest BCUT2D eigenvalue weighted by Gasteiger charge is 2.20. The van der Waals surface area contributed by atoms with Crippen LogP contribution in [0, 0.1) is 0 Å². The number of nitrogens with one attached hydrogen (secondary N) is 1. The van der Waals surface area contributed by atoms with Crippen LogP contribution in [0.5, 0.6) is 0 Å². The average molecular weight is 435 g/mol. The van der Waals surface area contributed by atoms with Gasteiger partial charge in [0.1, 0.15) is 0 Å². The van der Waals surface area contributed by atoms with E-state index >= 15 is 0 Å². The third-order valence-electron chi connectivity index (χ3n) is 6.14. The highest BCUT2D eigenvalue weighted by molar-refractivity contribution is 9.10. The van der Waals surface area contributed by atoms with Gasteiger partial charge >= 0.3 is 0 Å². The van der Waals surface area contributed by atoms with Crippen LogP contribution in [0.15, 0.2) is 89.4 Å². The molecule has 0 saturated carbocycles. The summed E-state index contributed by atoms with van der Waals surface area (Å²) in [7, 11) is 0. The van der Waals surface area contributed by atoms with Crippen LogP contribution in [0.1, 0.15) is 0 Å². The van der Waals surface area contributed by atoms with Gasteiger partial charge in [-0.2, -0.15) is 0 Å². The van der Waals surface area contributed by atoms with Gasteiger partial charge in [0.05, 0.1) is 11.0 Å². The van der Waals surface area contributed by atoms with Crippen LogP contribution < -0.4 is 0 Å². The SMILES string of the molecule is Brc1ccc2c3c1ccc1c4c(cc(c13)n2-c1ccccc1)[nH]c1ccccc14. The molecule has 0 spiro atoms. The van der Waals surface area contributed by atoms with Crippen LogP contribution in [0.3, 0.4) is 0 Å². The number of nitrogens with zero attached hydrogens (tertiary/aromatic N) is 1. The molecule has 0 bridgehead atoms. The van der Waals surface area contributed by atoms with Crippen molar-refractivity contribution in [2.75, 3.05) is 0 Å². The van der Waals surface area contributed by atoms with Gasteiger partial charge in [0, 0.05) is 42.7 Å². The second-order valence-corrected chi connectivity index (χ2v) is 8.49. The Bertz CT molecular complexity index is 1700. The highest BCUT2D eigenvalue weighted by Crippen LogP contribution is 2.45. The summed E-state index contributed by atoms with van der Waals surface area (Å²) in [4.78, 5) is 3.64. The summed E-state index contributed by atoms with van der Waals surface area (Å²) in [6, 6.07) is 30.5. The molecule has 2 nitrogen and oxygen atoms in total. The van der Waals surface area contributed by atoms with Crippen molar-refractivity contribution in [3.8, 4) is 5.69 Å². The van der Waals surface area contributed by atoms with Gasteiger partial charge < -0.3 is 9.55 Å². The monoisotopic (exact) mass is 434 g/mol. The van der Waals surface area contributed by atoms with Gasteiger partial charge in [-0.3, -0.25) is 0 Å². The summed E-state index contributed by atoms with van der Waals surface area (Å²) in [6.07, 6.45) is 0.